The summed E-state index contributed by atoms with van der Waals surface area (Å²) in [7, 11) is -11.0. The Balaban J connectivity index is 0.000000241. The van der Waals surface area contributed by atoms with Gasteiger partial charge in [0.25, 0.3) is 0 Å². The number of sulfonamides is 3. The van der Waals surface area contributed by atoms with Crippen molar-refractivity contribution in [2.24, 2.45) is 56.4 Å². The SMILES string of the molecule is CCCNS(=O)(=O)c1ccc(-c2cccc3[nH]c(N)nc23)c(/C(N)=N/NN)c1S(N)(=O)=O.Cn1c(N)nc2c(-c3ccc(S(=O)(=O)NCCCN)c(SN)c3/C(N)=N/NN)cccc21. The van der Waals surface area contributed by atoms with Gasteiger partial charge in [0.15, 0.2) is 17.6 Å². The maximum Gasteiger partial charge on any atom is 0.241 e. The van der Waals surface area contributed by atoms with Crippen LogP contribution in [-0.2, 0) is 37.1 Å². The molecule has 23 N–H and O–H groups in total. The molecule has 0 aliphatic rings. The Labute approximate surface area is 372 Å². The number of nitrogens with one attached hydrogen (secondary N) is 5. The van der Waals surface area contributed by atoms with Crippen LogP contribution in [0.2, 0.25) is 0 Å². The lowest BCUT2D eigenvalue weighted by molar-refractivity contribution is 0.572. The third-order valence-electron chi connectivity index (χ3n) is 9.38. The molecule has 0 unspecified atom stereocenters. The third kappa shape index (κ3) is 10.1. The lowest BCUT2D eigenvalue weighted by atomic mass is 9.97. The first kappa shape index (κ1) is 48.9. The summed E-state index contributed by atoms with van der Waals surface area (Å²) < 4.78 is 83.5. The molecule has 2 aromatic heterocycles. The van der Waals surface area contributed by atoms with E-state index in [-0.39, 0.29) is 45.8 Å². The molecule has 29 heteroatoms. The highest BCUT2D eigenvalue weighted by molar-refractivity contribution is 7.98. The number of amidine groups is 2. The van der Waals surface area contributed by atoms with Crippen LogP contribution >= 0.6 is 11.9 Å². The summed E-state index contributed by atoms with van der Waals surface area (Å²) in [6, 6.07) is 16.2. The number of nitrogens with two attached hydrogens (primary N) is 9. The van der Waals surface area contributed by atoms with Crippen molar-refractivity contribution in [1.82, 2.24) is 40.0 Å². The molecule has 6 rings (SSSR count). The number of hydrogen-bond donors (Lipinski definition) is 14. The number of aryl methyl sites for hydroxylation is 1. The summed E-state index contributed by atoms with van der Waals surface area (Å²) in [4.78, 5) is 10.4. The van der Waals surface area contributed by atoms with E-state index in [1.54, 1.807) is 42.8 Å². The zero-order valence-corrected chi connectivity index (χ0v) is 37.6. The average molecular weight is 960 g/mol. The number of hydrazine groups is 2. The Morgan fingerprint density at radius 3 is 1.92 bits per heavy atom. The molecule has 0 bridgehead atoms. The van der Waals surface area contributed by atoms with Crippen LogP contribution in [0.3, 0.4) is 0 Å². The summed E-state index contributed by atoms with van der Waals surface area (Å²) in [5, 5.41) is 18.9. The van der Waals surface area contributed by atoms with E-state index >= 15 is 0 Å². The largest absolute Gasteiger partial charge is 0.382 e. The molecule has 0 fully saturated rings. The van der Waals surface area contributed by atoms with Gasteiger partial charge >= 0.3 is 0 Å². The zero-order chi connectivity index (χ0) is 47.1. The number of primary sulfonamides is 1. The van der Waals surface area contributed by atoms with Crippen molar-refractivity contribution < 1.29 is 25.3 Å². The minimum Gasteiger partial charge on any atom is -0.382 e. The first-order chi connectivity index (χ1) is 30.3. The van der Waals surface area contributed by atoms with Gasteiger partial charge in [-0.3, -0.25) is 5.14 Å². The Morgan fingerprint density at radius 2 is 1.33 bits per heavy atom. The molecule has 4 aromatic carbocycles. The number of imidazole rings is 2. The van der Waals surface area contributed by atoms with Gasteiger partial charge in [-0.15, -0.1) is 10.2 Å². The second-order valence-electron chi connectivity index (χ2n) is 13.5. The Morgan fingerprint density at radius 1 is 0.766 bits per heavy atom. The van der Waals surface area contributed by atoms with E-state index in [0.29, 0.717) is 64.1 Å². The van der Waals surface area contributed by atoms with Crippen molar-refractivity contribution in [2.75, 3.05) is 31.1 Å². The van der Waals surface area contributed by atoms with Crippen LogP contribution < -0.4 is 71.1 Å². The number of para-hydroxylation sites is 2. The maximum atomic E-state index is 13.0. The number of rotatable bonds is 17. The lowest BCUT2D eigenvalue weighted by Gasteiger charge is -2.18. The van der Waals surface area contributed by atoms with Crippen molar-refractivity contribution in [2.45, 2.75) is 39.3 Å². The monoisotopic (exact) mass is 959 g/mol. The van der Waals surface area contributed by atoms with Crippen LogP contribution in [0.25, 0.3) is 44.3 Å². The molecule has 64 heavy (non-hydrogen) atoms. The minimum atomic E-state index is -4.62. The number of hydrazone groups is 2. The van der Waals surface area contributed by atoms with Gasteiger partial charge in [-0.05, 0) is 66.7 Å². The molecular weight excluding hydrogens is 911 g/mol. The van der Waals surface area contributed by atoms with Gasteiger partial charge in [-0.25, -0.2) is 72.6 Å². The summed E-state index contributed by atoms with van der Waals surface area (Å²) in [6.07, 6.45) is 0.969. The van der Waals surface area contributed by atoms with Crippen LogP contribution in [0.5, 0.6) is 0 Å². The highest BCUT2D eigenvalue weighted by atomic mass is 32.2. The fourth-order valence-electron chi connectivity index (χ4n) is 6.58. The zero-order valence-electron chi connectivity index (χ0n) is 34.3. The second kappa shape index (κ2) is 20.2. The standard InChI is InChI=1S/C18H26N10O2S2.C17H23N9O4S2/c1-28-12-5-2-4-11(15(12)25-18(28)21)10-6-7-13(32(29,30)24-9-3-8-19)16(31-23)14(10)17(20)26-27-22;1-2-8-22-32(29,30)12-7-6-9(10-4-3-5-11-14(10)24-17(19)23-11)13(16(18)25-26-20)15(12)31(21,27)28/h2,4-7,24,27H,3,8-9,19,22-23H2,1H3,(H2,20,26)(H2,21,25);3-7,22,26H,2,8,20H2,1H3,(H2,18,25)(H3,19,23,24)(H2,21,27,28). The van der Waals surface area contributed by atoms with Crippen molar-refractivity contribution >= 4 is 87.7 Å². The number of benzene rings is 4. The molecule has 6 aromatic rings. The van der Waals surface area contributed by atoms with Crippen molar-refractivity contribution in [3.05, 3.63) is 71.8 Å². The van der Waals surface area contributed by atoms with Gasteiger partial charge in [-0.1, -0.05) is 43.3 Å². The molecule has 2 heterocycles. The fourth-order valence-corrected chi connectivity index (χ4v) is 11.5. The van der Waals surface area contributed by atoms with Gasteiger partial charge in [-0.2, -0.15) is 0 Å². The normalized spacial score (nSPS) is 12.7. The first-order valence-electron chi connectivity index (χ1n) is 18.7. The van der Waals surface area contributed by atoms with Gasteiger partial charge in [0.2, 0.25) is 36.0 Å². The van der Waals surface area contributed by atoms with E-state index < -0.39 is 45.7 Å². The number of aromatic amines is 1. The quantitative estimate of drug-likeness (QED) is 0.0127. The molecule has 344 valence electrons. The number of anilines is 2. The topological polar surface area (TPSA) is 456 Å². The number of aromatic nitrogens is 4. The predicted molar refractivity (Wildman–Crippen MR) is 248 cm³/mol. The number of hydrogen-bond acceptors (Lipinski definition) is 19. The van der Waals surface area contributed by atoms with Crippen LogP contribution in [0.15, 0.2) is 90.4 Å². The molecule has 0 saturated carbocycles. The Kier molecular flexibility index (Phi) is 15.4. The predicted octanol–water partition coefficient (Wildman–Crippen LogP) is -1.27. The average Bonchev–Trinajstić information content (AvgIpc) is 3.78. The minimum absolute atomic E-state index is 0.0383. The van der Waals surface area contributed by atoms with Crippen LogP contribution in [0.4, 0.5) is 11.9 Å². The van der Waals surface area contributed by atoms with Crippen molar-refractivity contribution in [3.63, 3.8) is 0 Å². The molecule has 0 atom stereocenters. The van der Waals surface area contributed by atoms with Crippen LogP contribution in [0.1, 0.15) is 30.9 Å². The number of nitrogens with zero attached hydrogens (tertiary/aromatic N) is 5. The first-order valence-corrected chi connectivity index (χ1v) is 24.1. The van der Waals surface area contributed by atoms with Gasteiger partial charge in [0.05, 0.1) is 31.9 Å². The summed E-state index contributed by atoms with van der Waals surface area (Å²) in [6.45, 7) is 2.38. The van der Waals surface area contributed by atoms with E-state index in [1.807, 2.05) is 23.7 Å². The third-order valence-corrected chi connectivity index (χ3v) is 14.3. The second-order valence-corrected chi connectivity index (χ2v) is 19.1. The fraction of sp³-hybridized carbons (Fsp3) is 0.200. The molecule has 0 spiro atoms. The number of fused-ring (bicyclic) bond motifs is 2. The van der Waals surface area contributed by atoms with E-state index in [1.165, 1.54) is 12.1 Å². The van der Waals surface area contributed by atoms with E-state index in [4.69, 9.17) is 50.6 Å². The molecule has 0 radical (unpaired) electrons. The summed E-state index contributed by atoms with van der Waals surface area (Å²) >= 11 is 0.741. The van der Waals surface area contributed by atoms with Gasteiger partial charge < -0.3 is 38.2 Å². The molecule has 0 saturated heterocycles. The highest BCUT2D eigenvalue weighted by Crippen LogP contribution is 2.39. The van der Waals surface area contributed by atoms with Crippen LogP contribution in [-0.4, -0.2) is 76.1 Å². The van der Waals surface area contributed by atoms with Crippen molar-refractivity contribution in [3.8, 4) is 22.3 Å². The van der Waals surface area contributed by atoms with Crippen molar-refractivity contribution in [1.29, 1.82) is 0 Å². The van der Waals surface area contributed by atoms with E-state index in [9.17, 15) is 25.3 Å². The molecular formula is C35H49N19O6S4. The summed E-state index contributed by atoms with van der Waals surface area (Å²) in [5.41, 5.74) is 37.8. The smallest absolute Gasteiger partial charge is 0.241 e. The van der Waals surface area contributed by atoms with E-state index in [0.717, 1.165) is 23.5 Å². The molecule has 25 nitrogen and oxygen atoms in total. The number of nitrogen functional groups attached to an aromatic ring is 2. The summed E-state index contributed by atoms with van der Waals surface area (Å²) in [5.74, 6) is 10.6. The van der Waals surface area contributed by atoms with E-state index in [2.05, 4.69) is 40.1 Å². The lowest BCUT2D eigenvalue weighted by Crippen LogP contribution is -2.31. The van der Waals surface area contributed by atoms with Gasteiger partial charge in [0, 0.05) is 42.4 Å². The van der Waals surface area contributed by atoms with Gasteiger partial charge in [0.1, 0.15) is 9.79 Å². The maximum absolute atomic E-state index is 13.0. The highest BCUT2D eigenvalue weighted by Gasteiger charge is 2.32. The number of H-pyrrole nitrogens is 1. The molecule has 0 aliphatic carbocycles. The van der Waals surface area contributed by atoms with Crippen LogP contribution in [0, 0.1) is 0 Å². The Bertz CT molecular complexity index is 3100. The molecule has 0 aliphatic heterocycles. The Hall–Kier alpha value is -6.12. The molecule has 0 amide bonds.